The number of amides is 1. The van der Waals surface area contributed by atoms with Crippen LogP contribution in [0.2, 0.25) is 0 Å². The lowest BCUT2D eigenvalue weighted by Crippen LogP contribution is -2.38. The van der Waals surface area contributed by atoms with E-state index in [9.17, 15) is 4.79 Å². The molecule has 0 aliphatic carbocycles. The lowest BCUT2D eigenvalue weighted by molar-refractivity contribution is -0.118. The largest absolute Gasteiger partial charge is 0.378 e. The van der Waals surface area contributed by atoms with Crippen molar-refractivity contribution >= 4 is 23.6 Å². The summed E-state index contributed by atoms with van der Waals surface area (Å²) in [4.78, 5) is 13.8. The molecule has 8 heteroatoms. The third kappa shape index (κ3) is 3.96. The summed E-state index contributed by atoms with van der Waals surface area (Å²) in [6.45, 7) is 5.07. The Morgan fingerprint density at radius 2 is 2.04 bits per heavy atom. The van der Waals surface area contributed by atoms with Crippen LogP contribution in [0.1, 0.15) is 12.5 Å². The quantitative estimate of drug-likeness (QED) is 0.787. The highest BCUT2D eigenvalue weighted by Crippen LogP contribution is 2.29. The highest BCUT2D eigenvalue weighted by atomic mass is 32.2. The van der Waals surface area contributed by atoms with Gasteiger partial charge in [0.05, 0.1) is 24.7 Å². The summed E-state index contributed by atoms with van der Waals surface area (Å²) in [5, 5.41) is 12.2. The topological polar surface area (TPSA) is 72.3 Å². The van der Waals surface area contributed by atoms with E-state index in [1.165, 1.54) is 17.3 Å². The van der Waals surface area contributed by atoms with E-state index >= 15 is 0 Å². The van der Waals surface area contributed by atoms with E-state index in [1.54, 1.807) is 7.05 Å². The van der Waals surface area contributed by atoms with Crippen LogP contribution in [0.15, 0.2) is 29.4 Å². The minimum absolute atomic E-state index is 0.0313. The van der Waals surface area contributed by atoms with Crippen LogP contribution in [0, 0.1) is 0 Å². The van der Waals surface area contributed by atoms with Gasteiger partial charge in [-0.3, -0.25) is 9.36 Å². The van der Waals surface area contributed by atoms with Gasteiger partial charge in [-0.2, -0.15) is 0 Å². The van der Waals surface area contributed by atoms with Crippen LogP contribution in [-0.2, 0) is 16.0 Å². The Balaban J connectivity index is 2.01. The SMILES string of the molecule is CCc1ccccc1-n1c(SCC(=O)NC)nnc1N1CCOCC1. The first-order chi connectivity index (χ1) is 12.2. The summed E-state index contributed by atoms with van der Waals surface area (Å²) in [6.07, 6.45) is 0.913. The van der Waals surface area contributed by atoms with Crippen molar-refractivity contribution in [3.63, 3.8) is 0 Å². The Kier molecular flexibility index (Phi) is 5.93. The van der Waals surface area contributed by atoms with Gasteiger partial charge in [0.2, 0.25) is 11.9 Å². The molecule has 1 aromatic carbocycles. The first-order valence-corrected chi connectivity index (χ1v) is 9.43. The van der Waals surface area contributed by atoms with Crippen molar-refractivity contribution in [1.82, 2.24) is 20.1 Å². The van der Waals surface area contributed by atoms with E-state index < -0.39 is 0 Å². The van der Waals surface area contributed by atoms with Crippen LogP contribution in [0.25, 0.3) is 5.69 Å². The van der Waals surface area contributed by atoms with Crippen molar-refractivity contribution in [2.45, 2.75) is 18.5 Å². The zero-order valence-electron chi connectivity index (χ0n) is 14.6. The third-order valence-electron chi connectivity index (χ3n) is 4.13. The maximum atomic E-state index is 11.6. The molecule has 1 N–H and O–H groups in total. The Hall–Kier alpha value is -2.06. The number of carbonyl (C=O) groups excluding carboxylic acids is 1. The first-order valence-electron chi connectivity index (χ1n) is 8.44. The molecule has 1 saturated heterocycles. The standard InChI is InChI=1S/C17H23N5O2S/c1-3-13-6-4-5-7-14(13)22-16(21-8-10-24-11-9-21)19-20-17(22)25-12-15(23)18-2/h4-7H,3,8-12H2,1-2H3,(H,18,23). The molecule has 7 nitrogen and oxygen atoms in total. The number of nitrogens with one attached hydrogen (secondary N) is 1. The van der Waals surface area contributed by atoms with Gasteiger partial charge >= 0.3 is 0 Å². The van der Waals surface area contributed by atoms with Gasteiger partial charge in [0.15, 0.2) is 5.16 Å². The second-order valence-electron chi connectivity index (χ2n) is 5.66. The highest BCUT2D eigenvalue weighted by Gasteiger charge is 2.23. The number of morpholine rings is 1. The maximum absolute atomic E-state index is 11.6. The van der Waals surface area contributed by atoms with E-state index in [4.69, 9.17) is 4.74 Å². The number of rotatable bonds is 6. The number of nitrogens with zero attached hydrogens (tertiary/aromatic N) is 4. The summed E-state index contributed by atoms with van der Waals surface area (Å²) in [6, 6.07) is 8.25. The van der Waals surface area contributed by atoms with Gasteiger partial charge in [-0.1, -0.05) is 36.9 Å². The van der Waals surface area contributed by atoms with Crippen molar-refractivity contribution in [3.8, 4) is 5.69 Å². The minimum atomic E-state index is -0.0313. The predicted octanol–water partition coefficient (Wildman–Crippen LogP) is 1.50. The number of benzene rings is 1. The van der Waals surface area contributed by atoms with Crippen molar-refractivity contribution in [2.75, 3.05) is 44.0 Å². The summed E-state index contributed by atoms with van der Waals surface area (Å²) < 4.78 is 7.52. The van der Waals surface area contributed by atoms with Crippen molar-refractivity contribution in [2.24, 2.45) is 0 Å². The molecule has 1 aromatic heterocycles. The Labute approximate surface area is 151 Å². The molecule has 0 unspecified atom stereocenters. The second kappa shape index (κ2) is 8.35. The molecule has 2 heterocycles. The fourth-order valence-corrected chi connectivity index (χ4v) is 3.58. The lowest BCUT2D eigenvalue weighted by atomic mass is 10.1. The fourth-order valence-electron chi connectivity index (χ4n) is 2.76. The van der Waals surface area contributed by atoms with Crippen LogP contribution in [-0.4, -0.2) is 59.8 Å². The normalized spacial score (nSPS) is 14.6. The number of thioether (sulfide) groups is 1. The number of anilines is 1. The average molecular weight is 361 g/mol. The second-order valence-corrected chi connectivity index (χ2v) is 6.60. The summed E-state index contributed by atoms with van der Waals surface area (Å²) >= 11 is 1.40. The van der Waals surface area contributed by atoms with Gasteiger partial charge in [0.25, 0.3) is 0 Å². The number of aryl methyl sites for hydroxylation is 1. The van der Waals surface area contributed by atoms with Crippen LogP contribution in [0.4, 0.5) is 5.95 Å². The van der Waals surface area contributed by atoms with Crippen molar-refractivity contribution in [3.05, 3.63) is 29.8 Å². The van der Waals surface area contributed by atoms with Gasteiger partial charge in [-0.15, -0.1) is 10.2 Å². The molecule has 0 radical (unpaired) electrons. The summed E-state index contributed by atoms with van der Waals surface area (Å²) in [7, 11) is 1.64. The first kappa shape index (κ1) is 17.8. The molecule has 3 rings (SSSR count). The van der Waals surface area contributed by atoms with E-state index in [0.717, 1.165) is 36.3 Å². The Morgan fingerprint density at radius 3 is 2.76 bits per heavy atom. The molecule has 1 fully saturated rings. The maximum Gasteiger partial charge on any atom is 0.232 e. The van der Waals surface area contributed by atoms with Crippen LogP contribution in [0.3, 0.4) is 0 Å². The molecule has 0 saturated carbocycles. The summed E-state index contributed by atoms with van der Waals surface area (Å²) in [5.41, 5.74) is 2.29. The molecule has 0 atom stereocenters. The number of aromatic nitrogens is 3. The molecule has 1 aliphatic heterocycles. The van der Waals surface area contributed by atoms with Crippen molar-refractivity contribution < 1.29 is 9.53 Å². The summed E-state index contributed by atoms with van der Waals surface area (Å²) in [5.74, 6) is 1.09. The number of ether oxygens (including phenoxy) is 1. The van der Waals surface area contributed by atoms with E-state index in [1.807, 2.05) is 12.1 Å². The monoisotopic (exact) mass is 361 g/mol. The minimum Gasteiger partial charge on any atom is -0.378 e. The lowest BCUT2D eigenvalue weighted by Gasteiger charge is -2.28. The van der Waals surface area contributed by atoms with Gasteiger partial charge in [0, 0.05) is 20.1 Å². The number of carbonyl (C=O) groups is 1. The van der Waals surface area contributed by atoms with Gasteiger partial charge in [0.1, 0.15) is 0 Å². The van der Waals surface area contributed by atoms with Gasteiger partial charge in [-0.25, -0.2) is 0 Å². The molecule has 0 bridgehead atoms. The van der Waals surface area contributed by atoms with Gasteiger partial charge < -0.3 is 15.0 Å². The molecular weight excluding hydrogens is 338 g/mol. The Morgan fingerprint density at radius 1 is 1.28 bits per heavy atom. The fraction of sp³-hybridized carbons (Fsp3) is 0.471. The molecular formula is C17H23N5O2S. The van der Waals surface area contributed by atoms with E-state index in [0.29, 0.717) is 19.0 Å². The highest BCUT2D eigenvalue weighted by molar-refractivity contribution is 7.99. The molecule has 1 amide bonds. The molecule has 2 aromatic rings. The number of hydrogen-bond donors (Lipinski definition) is 1. The van der Waals surface area contributed by atoms with Crippen LogP contribution >= 0.6 is 11.8 Å². The third-order valence-corrected chi connectivity index (χ3v) is 5.06. The average Bonchev–Trinajstić information content (AvgIpc) is 3.10. The van der Waals surface area contributed by atoms with E-state index in [2.05, 4.69) is 44.0 Å². The molecule has 1 aliphatic rings. The smallest absolute Gasteiger partial charge is 0.232 e. The van der Waals surface area contributed by atoms with Crippen LogP contribution in [0.5, 0.6) is 0 Å². The van der Waals surface area contributed by atoms with E-state index in [-0.39, 0.29) is 5.91 Å². The molecule has 0 spiro atoms. The zero-order chi connectivity index (χ0) is 17.6. The Bertz CT molecular complexity index is 728. The number of para-hydroxylation sites is 1. The molecule has 134 valence electrons. The number of hydrogen-bond acceptors (Lipinski definition) is 6. The molecule has 25 heavy (non-hydrogen) atoms. The zero-order valence-corrected chi connectivity index (χ0v) is 15.4. The van der Waals surface area contributed by atoms with Crippen molar-refractivity contribution in [1.29, 1.82) is 0 Å². The predicted molar refractivity (Wildman–Crippen MR) is 98.6 cm³/mol. The van der Waals surface area contributed by atoms with Gasteiger partial charge in [-0.05, 0) is 18.1 Å². The van der Waals surface area contributed by atoms with Crippen LogP contribution < -0.4 is 10.2 Å².